The first-order chi connectivity index (χ1) is 6.59. The molecule has 0 bridgehead atoms. The van der Waals surface area contributed by atoms with E-state index in [0.29, 0.717) is 16.1 Å². The molecule has 0 N–H and O–H groups in total. The van der Waals surface area contributed by atoms with E-state index in [1.54, 1.807) is 0 Å². The minimum absolute atomic E-state index is 0.478. The van der Waals surface area contributed by atoms with Crippen LogP contribution in [0.4, 0.5) is 0 Å². The Balaban J connectivity index is 2.09. The van der Waals surface area contributed by atoms with E-state index in [9.17, 15) is 5.11 Å². The van der Waals surface area contributed by atoms with E-state index in [2.05, 4.69) is 0 Å². The fraction of sp³-hybridized carbons (Fsp3) is 1.00. The quantitative estimate of drug-likeness (QED) is 0.611. The zero-order valence-corrected chi connectivity index (χ0v) is 10.2. The fourth-order valence-electron chi connectivity index (χ4n) is 3.02. The number of fused-ring (bicyclic) bond motifs is 1. The van der Waals surface area contributed by atoms with Gasteiger partial charge in [0, 0.05) is 0 Å². The molecule has 0 aromatic heterocycles. The molecule has 0 spiro atoms. The van der Waals surface area contributed by atoms with E-state index < -0.39 is 5.60 Å². The van der Waals surface area contributed by atoms with Gasteiger partial charge < -0.3 is 5.11 Å². The van der Waals surface area contributed by atoms with Gasteiger partial charge in [0.2, 0.25) is 0 Å². The summed E-state index contributed by atoms with van der Waals surface area (Å²) in [5.41, 5.74) is -0.681. The van der Waals surface area contributed by atoms with Crippen molar-refractivity contribution in [3.8, 4) is 0 Å². The van der Waals surface area contributed by atoms with Crippen molar-refractivity contribution >= 4 is 10.9 Å². The molecule has 2 aliphatic rings. The van der Waals surface area contributed by atoms with Crippen LogP contribution in [0.15, 0.2) is 0 Å². The van der Waals surface area contributed by atoms with Crippen LogP contribution in [0, 0.1) is 0 Å². The number of rotatable bonds is 1. The minimum atomic E-state index is -0.681. The second-order valence-electron chi connectivity index (χ2n) is 5.31. The first-order valence-electron chi connectivity index (χ1n) is 5.98. The lowest BCUT2D eigenvalue weighted by atomic mass is 9.97. The Morgan fingerprint density at radius 3 is 2.50 bits per heavy atom. The summed E-state index contributed by atoms with van der Waals surface area (Å²) in [7, 11) is 0.478. The highest BCUT2D eigenvalue weighted by Crippen LogP contribution is 2.38. The maximum absolute atomic E-state index is 12.1. The van der Waals surface area contributed by atoms with Crippen molar-refractivity contribution in [2.24, 2.45) is 0 Å². The van der Waals surface area contributed by atoms with Gasteiger partial charge in [-0.2, -0.15) is 0 Å². The van der Waals surface area contributed by atoms with Crippen LogP contribution < -0.4 is 5.11 Å². The van der Waals surface area contributed by atoms with Gasteiger partial charge in [0.05, 0.1) is 0 Å². The molecule has 14 heavy (non-hydrogen) atoms. The highest BCUT2D eigenvalue weighted by molar-refractivity contribution is 7.98. The van der Waals surface area contributed by atoms with Gasteiger partial charge in [-0.05, 0) is 49.4 Å². The van der Waals surface area contributed by atoms with Gasteiger partial charge in [-0.25, -0.2) is 0 Å². The predicted octanol–water partition coefficient (Wildman–Crippen LogP) is 1.85. The SMILES string of the molecule is CC(C)([O-])C1CCCC2CCCC[S+]21. The van der Waals surface area contributed by atoms with Crippen LogP contribution in [-0.4, -0.2) is 21.9 Å². The molecule has 0 radical (unpaired) electrons. The maximum Gasteiger partial charge on any atom is 0.118 e. The van der Waals surface area contributed by atoms with Crippen molar-refractivity contribution in [2.45, 2.75) is 68.5 Å². The van der Waals surface area contributed by atoms with Gasteiger partial charge in [0.15, 0.2) is 0 Å². The average Bonchev–Trinajstić information content (AvgIpc) is 2.15. The van der Waals surface area contributed by atoms with Crippen molar-refractivity contribution < 1.29 is 5.11 Å². The molecule has 2 heteroatoms. The summed E-state index contributed by atoms with van der Waals surface area (Å²) in [6.07, 6.45) is 8.14. The molecular formula is C12H22OS. The standard InChI is InChI=1S/C12H22OS/c1-12(2,13)11-8-5-7-10-6-3-4-9-14(10)11/h10-11H,3-9H2,1-2H3. The summed E-state index contributed by atoms with van der Waals surface area (Å²) in [4.78, 5) is 0. The lowest BCUT2D eigenvalue weighted by Gasteiger charge is -2.45. The maximum atomic E-state index is 12.1. The van der Waals surface area contributed by atoms with Gasteiger partial charge in [-0.3, -0.25) is 0 Å². The van der Waals surface area contributed by atoms with Crippen molar-refractivity contribution in [1.29, 1.82) is 0 Å². The van der Waals surface area contributed by atoms with Gasteiger partial charge in [-0.1, -0.05) is 19.4 Å². The molecule has 0 aromatic carbocycles. The molecule has 1 nitrogen and oxygen atoms in total. The van der Waals surface area contributed by atoms with Gasteiger partial charge in [0.1, 0.15) is 16.3 Å². The molecule has 2 saturated heterocycles. The normalized spacial score (nSPS) is 39.2. The van der Waals surface area contributed by atoms with Crippen LogP contribution in [0.25, 0.3) is 0 Å². The number of hydrogen-bond acceptors (Lipinski definition) is 1. The summed E-state index contributed by atoms with van der Waals surface area (Å²) in [5.74, 6) is 1.36. The van der Waals surface area contributed by atoms with E-state index in [1.807, 2.05) is 13.8 Å². The molecule has 3 atom stereocenters. The molecule has 0 aromatic rings. The molecule has 0 amide bonds. The Morgan fingerprint density at radius 1 is 1.07 bits per heavy atom. The molecule has 82 valence electrons. The smallest absolute Gasteiger partial charge is 0.118 e. The summed E-state index contributed by atoms with van der Waals surface area (Å²) >= 11 is 0. The van der Waals surface area contributed by atoms with Crippen LogP contribution in [-0.2, 0) is 10.9 Å². The molecule has 3 unspecified atom stereocenters. The minimum Gasteiger partial charge on any atom is -0.846 e. The second kappa shape index (κ2) is 4.05. The Bertz CT molecular complexity index is 195. The van der Waals surface area contributed by atoms with Crippen LogP contribution >= 0.6 is 0 Å². The lowest BCUT2D eigenvalue weighted by Crippen LogP contribution is -2.57. The Hall–Kier alpha value is 0.310. The summed E-state index contributed by atoms with van der Waals surface area (Å²) in [6.45, 7) is 3.81. The van der Waals surface area contributed by atoms with Crippen molar-refractivity contribution in [2.75, 3.05) is 5.75 Å². The zero-order chi connectivity index (χ0) is 10.2. The Kier molecular flexibility index (Phi) is 3.13. The first kappa shape index (κ1) is 10.8. The van der Waals surface area contributed by atoms with Crippen LogP contribution in [0.1, 0.15) is 52.4 Å². The fourth-order valence-corrected chi connectivity index (χ4v) is 6.78. The molecule has 2 aliphatic heterocycles. The topological polar surface area (TPSA) is 23.1 Å². The molecular weight excluding hydrogens is 192 g/mol. The van der Waals surface area contributed by atoms with Crippen LogP contribution in [0.3, 0.4) is 0 Å². The summed E-state index contributed by atoms with van der Waals surface area (Å²) in [6, 6.07) is 0. The first-order valence-corrected chi connectivity index (χ1v) is 7.50. The Labute approximate surface area is 90.6 Å². The average molecular weight is 214 g/mol. The highest BCUT2D eigenvalue weighted by atomic mass is 32.2. The van der Waals surface area contributed by atoms with E-state index >= 15 is 0 Å². The molecule has 2 rings (SSSR count). The molecule has 0 saturated carbocycles. The van der Waals surface area contributed by atoms with Gasteiger partial charge >= 0.3 is 0 Å². The van der Waals surface area contributed by atoms with Crippen LogP contribution in [0.2, 0.25) is 0 Å². The zero-order valence-electron chi connectivity index (χ0n) is 9.42. The van der Waals surface area contributed by atoms with Crippen molar-refractivity contribution in [3.05, 3.63) is 0 Å². The van der Waals surface area contributed by atoms with Crippen molar-refractivity contribution in [1.82, 2.24) is 0 Å². The van der Waals surface area contributed by atoms with Crippen molar-refractivity contribution in [3.63, 3.8) is 0 Å². The number of hydrogen-bond donors (Lipinski definition) is 0. The highest BCUT2D eigenvalue weighted by Gasteiger charge is 2.45. The lowest BCUT2D eigenvalue weighted by molar-refractivity contribution is -0.465. The van der Waals surface area contributed by atoms with E-state index in [4.69, 9.17) is 0 Å². The van der Waals surface area contributed by atoms with Crippen LogP contribution in [0.5, 0.6) is 0 Å². The third kappa shape index (κ3) is 2.11. The molecule has 2 fully saturated rings. The largest absolute Gasteiger partial charge is 0.846 e. The van der Waals surface area contributed by atoms with E-state index in [0.717, 1.165) is 5.25 Å². The summed E-state index contributed by atoms with van der Waals surface area (Å²) in [5, 5.41) is 13.5. The third-order valence-electron chi connectivity index (χ3n) is 3.72. The second-order valence-corrected chi connectivity index (χ2v) is 7.90. The monoisotopic (exact) mass is 214 g/mol. The molecule has 2 heterocycles. The third-order valence-corrected chi connectivity index (χ3v) is 7.34. The molecule has 0 aliphatic carbocycles. The van der Waals surface area contributed by atoms with Gasteiger partial charge in [-0.15, -0.1) is 0 Å². The van der Waals surface area contributed by atoms with Gasteiger partial charge in [0.25, 0.3) is 0 Å². The van der Waals surface area contributed by atoms with E-state index in [-0.39, 0.29) is 0 Å². The predicted molar refractivity (Wildman–Crippen MR) is 61.6 cm³/mol. The van der Waals surface area contributed by atoms with E-state index in [1.165, 1.54) is 44.3 Å². The summed E-state index contributed by atoms with van der Waals surface area (Å²) < 4.78 is 0. The Morgan fingerprint density at radius 2 is 1.79 bits per heavy atom.